The fraction of sp³-hybridized carbons (Fsp3) is 0.429. The Hall–Kier alpha value is -2.79. The highest BCUT2D eigenvalue weighted by molar-refractivity contribution is 7.09. The van der Waals surface area contributed by atoms with Crippen LogP contribution in [0.1, 0.15) is 29.2 Å². The van der Waals surface area contributed by atoms with E-state index in [2.05, 4.69) is 25.3 Å². The van der Waals surface area contributed by atoms with Crippen molar-refractivity contribution in [3.63, 3.8) is 0 Å². The minimum Gasteiger partial charge on any atom is -0.349 e. The number of hydrogen-bond donors (Lipinski definition) is 1. The van der Waals surface area contributed by atoms with Crippen LogP contribution < -0.4 is 5.32 Å². The van der Waals surface area contributed by atoms with E-state index in [4.69, 9.17) is 0 Å². The van der Waals surface area contributed by atoms with Gasteiger partial charge in [-0.15, -0.1) is 11.3 Å². The molecule has 1 saturated heterocycles. The Morgan fingerprint density at radius 2 is 1.91 bits per heavy atom. The molecule has 2 aliphatic heterocycles. The summed E-state index contributed by atoms with van der Waals surface area (Å²) in [5, 5.41) is 10.6. The minimum atomic E-state index is -4.39. The average molecular weight is 463 g/mol. The van der Waals surface area contributed by atoms with Gasteiger partial charge in [-0.1, -0.05) is 12.1 Å². The molecule has 7 nitrogen and oxygen atoms in total. The van der Waals surface area contributed by atoms with Crippen molar-refractivity contribution in [3.05, 3.63) is 52.2 Å². The molecule has 0 unspecified atom stereocenters. The number of likely N-dealkylation sites (tertiary alicyclic amines) is 1. The standard InChI is InChI=1S/C21H21F3N6OS/c22-21(23,24)15-3-1-14(2-4-15)19-26-16-11-20(27-17(31)12-30(16)28-19)5-8-29(9-6-20)13-18-25-7-10-32-18/h1-4,7,10H,5-6,8-9,11-13H2,(H,27,31). The molecule has 0 atom stereocenters. The lowest BCUT2D eigenvalue weighted by atomic mass is 9.84. The molecule has 32 heavy (non-hydrogen) atoms. The van der Waals surface area contributed by atoms with Crippen molar-refractivity contribution in [3.8, 4) is 11.4 Å². The summed E-state index contributed by atoms with van der Waals surface area (Å²) in [5.41, 5.74) is -0.619. The van der Waals surface area contributed by atoms with E-state index in [-0.39, 0.29) is 12.5 Å². The van der Waals surface area contributed by atoms with E-state index in [0.29, 0.717) is 23.6 Å². The first kappa shape index (κ1) is 21.1. The van der Waals surface area contributed by atoms with E-state index >= 15 is 0 Å². The summed E-state index contributed by atoms with van der Waals surface area (Å²) in [6.45, 7) is 2.52. The maximum Gasteiger partial charge on any atom is 0.416 e. The highest BCUT2D eigenvalue weighted by Crippen LogP contribution is 2.32. The van der Waals surface area contributed by atoms with Gasteiger partial charge >= 0.3 is 6.18 Å². The second kappa shape index (κ2) is 7.96. The molecule has 0 saturated carbocycles. The first-order valence-electron chi connectivity index (χ1n) is 10.3. The van der Waals surface area contributed by atoms with Gasteiger partial charge in [0.05, 0.1) is 12.1 Å². The zero-order valence-electron chi connectivity index (χ0n) is 17.1. The zero-order chi connectivity index (χ0) is 22.3. The Bertz CT molecular complexity index is 1100. The number of thiazole rings is 1. The van der Waals surface area contributed by atoms with Crippen LogP contribution in [0, 0.1) is 0 Å². The van der Waals surface area contributed by atoms with Crippen molar-refractivity contribution in [2.24, 2.45) is 0 Å². The number of nitrogens with zero attached hydrogens (tertiary/aromatic N) is 5. The normalized spacial score (nSPS) is 18.9. The van der Waals surface area contributed by atoms with Crippen LogP contribution in [0.4, 0.5) is 13.2 Å². The number of carbonyl (C=O) groups excluding carboxylic acids is 1. The number of fused-ring (bicyclic) bond motifs is 1. The van der Waals surface area contributed by atoms with Crippen molar-refractivity contribution in [2.75, 3.05) is 13.1 Å². The van der Waals surface area contributed by atoms with E-state index in [1.165, 1.54) is 12.1 Å². The molecule has 2 aliphatic rings. The second-order valence-electron chi connectivity index (χ2n) is 8.29. The number of halogens is 3. The number of piperidine rings is 1. The van der Waals surface area contributed by atoms with Crippen LogP contribution >= 0.6 is 11.3 Å². The highest BCUT2D eigenvalue weighted by Gasteiger charge is 2.40. The molecular weight excluding hydrogens is 441 g/mol. The number of rotatable bonds is 3. The molecule has 0 aliphatic carbocycles. The van der Waals surface area contributed by atoms with Crippen LogP contribution in [0.25, 0.3) is 11.4 Å². The number of carbonyl (C=O) groups is 1. The van der Waals surface area contributed by atoms with Gasteiger partial charge in [0.1, 0.15) is 17.4 Å². The lowest BCUT2D eigenvalue weighted by Crippen LogP contribution is -2.56. The fourth-order valence-electron chi connectivity index (χ4n) is 4.34. The summed E-state index contributed by atoms with van der Waals surface area (Å²) >= 11 is 1.63. The predicted octanol–water partition coefficient (Wildman–Crippen LogP) is 3.13. The molecule has 1 N–H and O–H groups in total. The van der Waals surface area contributed by atoms with Crippen molar-refractivity contribution in [1.82, 2.24) is 30.0 Å². The molecular formula is C21H21F3N6OS. The number of alkyl halides is 3. The number of hydrogen-bond acceptors (Lipinski definition) is 6. The van der Waals surface area contributed by atoms with Gasteiger partial charge in [0, 0.05) is 42.2 Å². The van der Waals surface area contributed by atoms with Gasteiger partial charge in [-0.2, -0.15) is 18.3 Å². The van der Waals surface area contributed by atoms with Crippen molar-refractivity contribution < 1.29 is 18.0 Å². The van der Waals surface area contributed by atoms with Crippen molar-refractivity contribution in [2.45, 2.75) is 44.1 Å². The largest absolute Gasteiger partial charge is 0.416 e. The average Bonchev–Trinajstić information content (AvgIpc) is 3.37. The molecule has 2 aromatic heterocycles. The Labute approximate surface area is 186 Å². The minimum absolute atomic E-state index is 0.0492. The third-order valence-electron chi connectivity index (χ3n) is 6.07. The van der Waals surface area contributed by atoms with Gasteiger partial charge in [0.25, 0.3) is 0 Å². The lowest BCUT2D eigenvalue weighted by Gasteiger charge is -2.41. The Morgan fingerprint density at radius 3 is 2.56 bits per heavy atom. The molecule has 1 aromatic carbocycles. The summed E-state index contributed by atoms with van der Waals surface area (Å²) < 4.78 is 40.1. The number of amides is 1. The molecule has 0 bridgehead atoms. The third-order valence-corrected chi connectivity index (χ3v) is 6.83. The second-order valence-corrected chi connectivity index (χ2v) is 9.27. The maximum absolute atomic E-state index is 12.8. The summed E-state index contributed by atoms with van der Waals surface area (Å²) in [6.07, 6.45) is -0.481. The summed E-state index contributed by atoms with van der Waals surface area (Å²) in [4.78, 5) is 23.9. The Kier molecular flexibility index (Phi) is 5.25. The van der Waals surface area contributed by atoms with Crippen LogP contribution in [0.2, 0.25) is 0 Å². The van der Waals surface area contributed by atoms with Crippen molar-refractivity contribution in [1.29, 1.82) is 0 Å². The van der Waals surface area contributed by atoms with Gasteiger partial charge in [-0.25, -0.2) is 14.6 Å². The van der Waals surface area contributed by atoms with Crippen LogP contribution in [-0.4, -0.2) is 49.2 Å². The topological polar surface area (TPSA) is 75.9 Å². The van der Waals surface area contributed by atoms with E-state index in [0.717, 1.165) is 49.6 Å². The Morgan fingerprint density at radius 1 is 1.16 bits per heavy atom. The van der Waals surface area contributed by atoms with E-state index < -0.39 is 17.3 Å². The summed E-state index contributed by atoms with van der Waals surface area (Å²) in [5.74, 6) is 0.882. The van der Waals surface area contributed by atoms with Gasteiger partial charge in [0.15, 0.2) is 5.82 Å². The van der Waals surface area contributed by atoms with Crippen LogP contribution in [0.3, 0.4) is 0 Å². The van der Waals surface area contributed by atoms with Gasteiger partial charge < -0.3 is 5.32 Å². The first-order chi connectivity index (χ1) is 15.3. The van der Waals surface area contributed by atoms with Crippen LogP contribution in [-0.2, 0) is 30.5 Å². The maximum atomic E-state index is 12.8. The van der Waals surface area contributed by atoms with Crippen molar-refractivity contribution >= 4 is 17.2 Å². The molecule has 5 rings (SSSR count). The molecule has 1 spiro atoms. The lowest BCUT2D eigenvalue weighted by molar-refractivity contribution is -0.137. The molecule has 4 heterocycles. The van der Waals surface area contributed by atoms with Crippen LogP contribution in [0.5, 0.6) is 0 Å². The number of benzene rings is 1. The zero-order valence-corrected chi connectivity index (χ0v) is 17.9. The SMILES string of the molecule is O=C1Cn2nc(-c3ccc(C(F)(F)F)cc3)nc2CC2(CCN(Cc3nccs3)CC2)N1. The fourth-order valence-corrected chi connectivity index (χ4v) is 5.00. The van der Waals surface area contributed by atoms with E-state index in [9.17, 15) is 18.0 Å². The molecule has 3 aromatic rings. The monoisotopic (exact) mass is 462 g/mol. The smallest absolute Gasteiger partial charge is 0.349 e. The van der Waals surface area contributed by atoms with Gasteiger partial charge in [0.2, 0.25) is 5.91 Å². The first-order valence-corrected chi connectivity index (χ1v) is 11.2. The number of aromatic nitrogens is 4. The molecule has 11 heteroatoms. The molecule has 1 fully saturated rings. The molecule has 0 radical (unpaired) electrons. The van der Waals surface area contributed by atoms with E-state index in [1.54, 1.807) is 22.2 Å². The molecule has 1 amide bonds. The van der Waals surface area contributed by atoms with E-state index in [1.807, 2.05) is 5.38 Å². The molecule has 168 valence electrons. The van der Waals surface area contributed by atoms with Crippen LogP contribution in [0.15, 0.2) is 35.8 Å². The predicted molar refractivity (Wildman–Crippen MR) is 112 cm³/mol. The third kappa shape index (κ3) is 4.26. The quantitative estimate of drug-likeness (QED) is 0.647. The number of nitrogens with one attached hydrogen (secondary N) is 1. The van der Waals surface area contributed by atoms with Gasteiger partial charge in [-0.05, 0) is 25.0 Å². The summed E-state index contributed by atoms with van der Waals surface area (Å²) in [7, 11) is 0. The van der Waals surface area contributed by atoms with Gasteiger partial charge in [-0.3, -0.25) is 9.69 Å². The summed E-state index contributed by atoms with van der Waals surface area (Å²) in [6, 6.07) is 4.78. The Balaban J connectivity index is 1.33. The highest BCUT2D eigenvalue weighted by atomic mass is 32.1.